The molecule has 1 heterocycles. The molecule has 1 atom stereocenters. The van der Waals surface area contributed by atoms with Crippen LogP contribution in [0.25, 0.3) is 0 Å². The highest BCUT2D eigenvalue weighted by Crippen LogP contribution is 2.44. The standard InChI is InChI=1S/C29H35N3O/c1-6-31(7-2)23-16-14-22(15-17-23)29(27-13-11-10-12-25(27)28(33)30-29)26-19-18-24(20-21(26)5)32(8-3)9-4/h10-20H,6-9H2,1-5H3,(H,30,33). The molecule has 1 aliphatic heterocycles. The Bertz CT molecular complexity index is 1130. The number of anilines is 2. The average molecular weight is 442 g/mol. The van der Waals surface area contributed by atoms with E-state index in [0.29, 0.717) is 0 Å². The van der Waals surface area contributed by atoms with E-state index < -0.39 is 5.54 Å². The van der Waals surface area contributed by atoms with E-state index >= 15 is 0 Å². The Morgan fingerprint density at radius 2 is 1.30 bits per heavy atom. The maximum absolute atomic E-state index is 13.1. The lowest BCUT2D eigenvalue weighted by molar-refractivity contribution is 0.0948. The summed E-state index contributed by atoms with van der Waals surface area (Å²) in [5.74, 6) is -0.0226. The largest absolute Gasteiger partial charge is 0.372 e. The zero-order chi connectivity index (χ0) is 23.6. The molecule has 0 aromatic heterocycles. The van der Waals surface area contributed by atoms with Gasteiger partial charge in [0, 0.05) is 43.1 Å². The minimum absolute atomic E-state index is 0.0226. The number of fused-ring (bicyclic) bond motifs is 1. The van der Waals surface area contributed by atoms with Crippen molar-refractivity contribution in [2.45, 2.75) is 40.2 Å². The molecule has 1 aliphatic rings. The fourth-order valence-electron chi connectivity index (χ4n) is 5.27. The lowest BCUT2D eigenvalue weighted by atomic mass is 9.76. The average Bonchev–Trinajstić information content (AvgIpc) is 3.14. The smallest absolute Gasteiger partial charge is 0.252 e. The first-order chi connectivity index (χ1) is 16.0. The second-order valence-electron chi connectivity index (χ2n) is 8.64. The molecule has 0 saturated carbocycles. The molecule has 3 aromatic rings. The van der Waals surface area contributed by atoms with E-state index in [1.54, 1.807) is 0 Å². The van der Waals surface area contributed by atoms with Crippen molar-refractivity contribution < 1.29 is 4.79 Å². The van der Waals surface area contributed by atoms with Crippen LogP contribution in [0.2, 0.25) is 0 Å². The Balaban J connectivity index is 1.91. The third kappa shape index (κ3) is 3.78. The Morgan fingerprint density at radius 3 is 1.91 bits per heavy atom. The summed E-state index contributed by atoms with van der Waals surface area (Å²) < 4.78 is 0. The molecule has 0 saturated heterocycles. The predicted molar refractivity (Wildman–Crippen MR) is 139 cm³/mol. The topological polar surface area (TPSA) is 35.6 Å². The Hall–Kier alpha value is -3.27. The van der Waals surface area contributed by atoms with Gasteiger partial charge in [-0.15, -0.1) is 0 Å². The molecular weight excluding hydrogens is 406 g/mol. The number of rotatable bonds is 8. The van der Waals surface area contributed by atoms with Crippen LogP contribution in [-0.4, -0.2) is 32.1 Å². The van der Waals surface area contributed by atoms with Gasteiger partial charge in [0.05, 0.1) is 0 Å². The summed E-state index contributed by atoms with van der Waals surface area (Å²) in [6.45, 7) is 14.7. The number of hydrogen-bond acceptors (Lipinski definition) is 3. The zero-order valence-electron chi connectivity index (χ0n) is 20.5. The molecule has 0 radical (unpaired) electrons. The fourth-order valence-corrected chi connectivity index (χ4v) is 5.27. The molecule has 0 fully saturated rings. The van der Waals surface area contributed by atoms with Gasteiger partial charge < -0.3 is 15.1 Å². The first-order valence-electron chi connectivity index (χ1n) is 12.1. The highest BCUT2D eigenvalue weighted by molar-refractivity contribution is 6.01. The van der Waals surface area contributed by atoms with Crippen LogP contribution < -0.4 is 15.1 Å². The molecule has 4 heteroatoms. The lowest BCUT2D eigenvalue weighted by Crippen LogP contribution is -2.42. The van der Waals surface area contributed by atoms with Crippen LogP contribution in [0.15, 0.2) is 66.7 Å². The van der Waals surface area contributed by atoms with Gasteiger partial charge >= 0.3 is 0 Å². The summed E-state index contributed by atoms with van der Waals surface area (Å²) in [7, 11) is 0. The normalized spacial score (nSPS) is 16.9. The summed E-state index contributed by atoms with van der Waals surface area (Å²) >= 11 is 0. The SMILES string of the molecule is CCN(CC)c1ccc(C2(c3ccc(N(CC)CC)cc3C)NC(=O)c3ccccc32)cc1. The Kier molecular flexibility index (Phi) is 6.46. The number of aryl methyl sites for hydroxylation is 1. The molecule has 0 aliphatic carbocycles. The van der Waals surface area contributed by atoms with Gasteiger partial charge in [-0.3, -0.25) is 4.79 Å². The maximum Gasteiger partial charge on any atom is 0.252 e. The summed E-state index contributed by atoms with van der Waals surface area (Å²) in [6.07, 6.45) is 0. The molecule has 172 valence electrons. The molecule has 0 spiro atoms. The highest BCUT2D eigenvalue weighted by atomic mass is 16.2. The molecule has 0 bridgehead atoms. The quantitative estimate of drug-likeness (QED) is 0.485. The van der Waals surface area contributed by atoms with E-state index in [4.69, 9.17) is 0 Å². The van der Waals surface area contributed by atoms with Crippen LogP contribution in [0.4, 0.5) is 11.4 Å². The predicted octanol–water partition coefficient (Wildman–Crippen LogP) is 5.72. The van der Waals surface area contributed by atoms with Crippen LogP contribution in [0.1, 0.15) is 60.3 Å². The van der Waals surface area contributed by atoms with Gasteiger partial charge in [-0.25, -0.2) is 0 Å². The first kappa shape index (κ1) is 22.9. The van der Waals surface area contributed by atoms with Crippen molar-refractivity contribution in [2.24, 2.45) is 0 Å². The summed E-state index contributed by atoms with van der Waals surface area (Å²) in [4.78, 5) is 17.8. The Morgan fingerprint density at radius 1 is 0.727 bits per heavy atom. The van der Waals surface area contributed by atoms with E-state index in [-0.39, 0.29) is 5.91 Å². The van der Waals surface area contributed by atoms with E-state index in [2.05, 4.69) is 98.3 Å². The minimum Gasteiger partial charge on any atom is -0.372 e. The van der Waals surface area contributed by atoms with Crippen molar-refractivity contribution >= 4 is 17.3 Å². The fraction of sp³-hybridized carbons (Fsp3) is 0.345. The van der Waals surface area contributed by atoms with Gasteiger partial charge in [-0.1, -0.05) is 36.4 Å². The van der Waals surface area contributed by atoms with Crippen LogP contribution in [-0.2, 0) is 5.54 Å². The number of hydrogen-bond donors (Lipinski definition) is 1. The van der Waals surface area contributed by atoms with Gasteiger partial charge in [0.1, 0.15) is 5.54 Å². The Labute approximate surface area is 198 Å². The first-order valence-corrected chi connectivity index (χ1v) is 12.1. The van der Waals surface area contributed by atoms with Crippen LogP contribution in [0.3, 0.4) is 0 Å². The lowest BCUT2D eigenvalue weighted by Gasteiger charge is -2.34. The third-order valence-electron chi connectivity index (χ3n) is 7.05. The van der Waals surface area contributed by atoms with Crippen molar-refractivity contribution in [3.63, 3.8) is 0 Å². The van der Waals surface area contributed by atoms with E-state index in [0.717, 1.165) is 48.4 Å². The van der Waals surface area contributed by atoms with E-state index in [1.165, 1.54) is 16.9 Å². The van der Waals surface area contributed by atoms with Gasteiger partial charge in [0.25, 0.3) is 5.91 Å². The zero-order valence-corrected chi connectivity index (χ0v) is 20.5. The van der Waals surface area contributed by atoms with E-state index in [1.807, 2.05) is 18.2 Å². The second-order valence-corrected chi connectivity index (χ2v) is 8.64. The van der Waals surface area contributed by atoms with Gasteiger partial charge in [-0.05, 0) is 87.2 Å². The number of amides is 1. The molecule has 3 aromatic carbocycles. The minimum atomic E-state index is -0.707. The number of carbonyl (C=O) groups excluding carboxylic acids is 1. The maximum atomic E-state index is 13.1. The van der Waals surface area contributed by atoms with Crippen LogP contribution in [0.5, 0.6) is 0 Å². The molecule has 33 heavy (non-hydrogen) atoms. The van der Waals surface area contributed by atoms with Gasteiger partial charge in [0.2, 0.25) is 0 Å². The van der Waals surface area contributed by atoms with Gasteiger partial charge in [0.15, 0.2) is 0 Å². The number of carbonyl (C=O) groups is 1. The second kappa shape index (κ2) is 9.30. The number of benzene rings is 3. The number of nitrogens with zero attached hydrogens (tertiary/aromatic N) is 2. The highest BCUT2D eigenvalue weighted by Gasteiger charge is 2.46. The molecule has 1 N–H and O–H groups in total. The summed E-state index contributed by atoms with van der Waals surface area (Å²) in [5, 5.41) is 3.39. The van der Waals surface area contributed by atoms with Crippen LogP contribution in [0, 0.1) is 6.92 Å². The van der Waals surface area contributed by atoms with Crippen LogP contribution >= 0.6 is 0 Å². The van der Waals surface area contributed by atoms with Crippen molar-refractivity contribution in [1.82, 2.24) is 5.32 Å². The van der Waals surface area contributed by atoms with E-state index in [9.17, 15) is 4.79 Å². The monoisotopic (exact) mass is 441 g/mol. The van der Waals surface area contributed by atoms with Gasteiger partial charge in [-0.2, -0.15) is 0 Å². The molecule has 4 rings (SSSR count). The molecule has 1 amide bonds. The van der Waals surface area contributed by atoms with Crippen molar-refractivity contribution in [1.29, 1.82) is 0 Å². The molecule has 4 nitrogen and oxygen atoms in total. The van der Waals surface area contributed by atoms with Crippen molar-refractivity contribution in [3.05, 3.63) is 94.5 Å². The third-order valence-corrected chi connectivity index (χ3v) is 7.05. The summed E-state index contributed by atoms with van der Waals surface area (Å²) in [5.41, 5.74) is 6.84. The number of nitrogens with one attached hydrogen (secondary N) is 1. The molecular formula is C29H35N3O. The van der Waals surface area contributed by atoms with Crippen molar-refractivity contribution in [2.75, 3.05) is 36.0 Å². The molecule has 1 unspecified atom stereocenters. The van der Waals surface area contributed by atoms with Crippen molar-refractivity contribution in [3.8, 4) is 0 Å². The summed E-state index contributed by atoms with van der Waals surface area (Å²) in [6, 6.07) is 23.3.